The van der Waals surface area contributed by atoms with Crippen LogP contribution in [-0.4, -0.2) is 28.4 Å². The fourth-order valence-corrected chi connectivity index (χ4v) is 2.76. The van der Waals surface area contributed by atoms with Gasteiger partial charge in [0.1, 0.15) is 5.65 Å². The van der Waals surface area contributed by atoms with Crippen molar-refractivity contribution in [1.82, 2.24) is 14.7 Å². The van der Waals surface area contributed by atoms with Crippen LogP contribution in [-0.2, 0) is 9.53 Å². The number of imidazole rings is 1. The Morgan fingerprint density at radius 3 is 2.64 bits per heavy atom. The summed E-state index contributed by atoms with van der Waals surface area (Å²) in [6.07, 6.45) is 5.16. The van der Waals surface area contributed by atoms with Gasteiger partial charge in [-0.05, 0) is 24.6 Å². The molecule has 25 heavy (non-hydrogen) atoms. The molecule has 2 heterocycles. The Hall–Kier alpha value is -3.15. The number of fused-ring (bicyclic) bond motifs is 1. The number of hydrogen-bond donors (Lipinski definition) is 1. The molecule has 3 rings (SSSR count). The Morgan fingerprint density at radius 1 is 1.16 bits per heavy atom. The van der Waals surface area contributed by atoms with E-state index in [4.69, 9.17) is 4.74 Å². The highest BCUT2D eigenvalue weighted by Gasteiger charge is 2.28. The lowest BCUT2D eigenvalue weighted by Gasteiger charge is -2.24. The molecule has 6 heteroatoms. The molecule has 0 bridgehead atoms. The second-order valence-corrected chi connectivity index (χ2v) is 5.78. The Bertz CT molecular complexity index is 889. The largest absolute Gasteiger partial charge is 0.469 e. The van der Waals surface area contributed by atoms with Crippen LogP contribution >= 0.6 is 0 Å². The highest BCUT2D eigenvalue weighted by atomic mass is 16.5. The SMILES string of the molecule is COC(=O)[C@H](C)[C@@H](NC(=O)c1ccc2nccn2c1)c1ccccc1. The lowest BCUT2D eigenvalue weighted by atomic mass is 9.94. The summed E-state index contributed by atoms with van der Waals surface area (Å²) in [5, 5.41) is 2.95. The zero-order chi connectivity index (χ0) is 17.8. The summed E-state index contributed by atoms with van der Waals surface area (Å²) in [6, 6.07) is 12.4. The molecule has 1 amide bonds. The second-order valence-electron chi connectivity index (χ2n) is 5.78. The van der Waals surface area contributed by atoms with Crippen molar-refractivity contribution in [2.75, 3.05) is 7.11 Å². The molecule has 0 fully saturated rings. The van der Waals surface area contributed by atoms with E-state index < -0.39 is 12.0 Å². The molecule has 2 atom stereocenters. The van der Waals surface area contributed by atoms with Gasteiger partial charge in [0.05, 0.1) is 24.6 Å². The zero-order valence-electron chi connectivity index (χ0n) is 14.0. The molecule has 0 spiro atoms. The number of methoxy groups -OCH3 is 1. The molecule has 0 aliphatic carbocycles. The van der Waals surface area contributed by atoms with E-state index in [1.807, 2.05) is 30.3 Å². The normalized spacial score (nSPS) is 13.2. The molecular formula is C19H19N3O3. The second kappa shape index (κ2) is 7.17. The molecule has 0 saturated carbocycles. The Labute approximate surface area is 145 Å². The average Bonchev–Trinajstić information content (AvgIpc) is 3.13. The first-order valence-corrected chi connectivity index (χ1v) is 7.96. The number of esters is 1. The summed E-state index contributed by atoms with van der Waals surface area (Å²) in [5.41, 5.74) is 2.10. The van der Waals surface area contributed by atoms with Crippen molar-refractivity contribution in [3.63, 3.8) is 0 Å². The van der Waals surface area contributed by atoms with Crippen molar-refractivity contribution in [1.29, 1.82) is 0 Å². The van der Waals surface area contributed by atoms with E-state index in [0.29, 0.717) is 5.56 Å². The fourth-order valence-electron chi connectivity index (χ4n) is 2.76. The lowest BCUT2D eigenvalue weighted by molar-refractivity contribution is -0.145. The predicted octanol–water partition coefficient (Wildman–Crippen LogP) is 2.61. The number of benzene rings is 1. The maximum absolute atomic E-state index is 12.7. The van der Waals surface area contributed by atoms with Crippen LogP contribution < -0.4 is 5.32 Å². The molecule has 0 radical (unpaired) electrons. The topological polar surface area (TPSA) is 72.7 Å². The molecule has 3 aromatic rings. The van der Waals surface area contributed by atoms with Crippen LogP contribution in [0, 0.1) is 5.92 Å². The average molecular weight is 337 g/mol. The molecule has 0 aliphatic heterocycles. The first-order valence-electron chi connectivity index (χ1n) is 7.96. The summed E-state index contributed by atoms with van der Waals surface area (Å²) in [4.78, 5) is 28.9. The van der Waals surface area contributed by atoms with Gasteiger partial charge in [0.25, 0.3) is 5.91 Å². The quantitative estimate of drug-likeness (QED) is 0.727. The molecule has 1 N–H and O–H groups in total. The highest BCUT2D eigenvalue weighted by molar-refractivity contribution is 5.94. The van der Waals surface area contributed by atoms with Gasteiger partial charge in [-0.1, -0.05) is 30.3 Å². The molecule has 128 valence electrons. The van der Waals surface area contributed by atoms with Crippen molar-refractivity contribution in [2.45, 2.75) is 13.0 Å². The van der Waals surface area contributed by atoms with Gasteiger partial charge in [-0.2, -0.15) is 0 Å². The number of nitrogens with zero attached hydrogens (tertiary/aromatic N) is 2. The van der Waals surface area contributed by atoms with Crippen molar-refractivity contribution in [3.8, 4) is 0 Å². The van der Waals surface area contributed by atoms with Crippen LogP contribution in [0.1, 0.15) is 28.9 Å². The van der Waals surface area contributed by atoms with E-state index in [1.165, 1.54) is 7.11 Å². The Kier molecular flexibility index (Phi) is 4.79. The summed E-state index contributed by atoms with van der Waals surface area (Å²) in [7, 11) is 1.34. The molecular weight excluding hydrogens is 318 g/mol. The van der Waals surface area contributed by atoms with Gasteiger partial charge in [0, 0.05) is 18.6 Å². The van der Waals surface area contributed by atoms with Crippen molar-refractivity contribution in [2.24, 2.45) is 5.92 Å². The maximum atomic E-state index is 12.7. The molecule has 6 nitrogen and oxygen atoms in total. The van der Waals surface area contributed by atoms with Crippen molar-refractivity contribution < 1.29 is 14.3 Å². The van der Waals surface area contributed by atoms with Gasteiger partial charge < -0.3 is 14.5 Å². The Balaban J connectivity index is 1.88. The third-order valence-electron chi connectivity index (χ3n) is 4.17. The standard InChI is InChI=1S/C19H19N3O3/c1-13(19(24)25-2)17(14-6-4-3-5-7-14)21-18(23)15-8-9-16-20-10-11-22(16)12-15/h3-13,17H,1-2H3,(H,21,23)/t13-,17-/m1/s1. The maximum Gasteiger partial charge on any atom is 0.310 e. The molecule has 0 unspecified atom stereocenters. The number of amides is 1. The van der Waals surface area contributed by atoms with E-state index >= 15 is 0 Å². The van der Waals surface area contributed by atoms with Crippen LogP contribution in [0.15, 0.2) is 61.1 Å². The molecule has 0 saturated heterocycles. The number of rotatable bonds is 5. The van der Waals surface area contributed by atoms with Gasteiger partial charge >= 0.3 is 5.97 Å². The van der Waals surface area contributed by atoms with Gasteiger partial charge in [-0.15, -0.1) is 0 Å². The fraction of sp³-hybridized carbons (Fsp3) is 0.211. The summed E-state index contributed by atoms with van der Waals surface area (Å²) >= 11 is 0. The van der Waals surface area contributed by atoms with Crippen molar-refractivity contribution in [3.05, 3.63) is 72.2 Å². The minimum absolute atomic E-state index is 0.264. The van der Waals surface area contributed by atoms with E-state index in [-0.39, 0.29) is 11.9 Å². The molecule has 1 aromatic carbocycles. The minimum Gasteiger partial charge on any atom is -0.469 e. The van der Waals surface area contributed by atoms with Gasteiger partial charge in [-0.25, -0.2) is 4.98 Å². The zero-order valence-corrected chi connectivity index (χ0v) is 14.0. The molecule has 0 aliphatic rings. The first kappa shape index (κ1) is 16.7. The van der Waals surface area contributed by atoms with Crippen LogP contribution in [0.4, 0.5) is 0 Å². The third-order valence-corrected chi connectivity index (χ3v) is 4.17. The third kappa shape index (κ3) is 3.52. The van der Waals surface area contributed by atoms with Gasteiger partial charge in [-0.3, -0.25) is 9.59 Å². The Morgan fingerprint density at radius 2 is 1.92 bits per heavy atom. The lowest BCUT2D eigenvalue weighted by Crippen LogP contribution is -2.36. The van der Waals surface area contributed by atoms with E-state index in [9.17, 15) is 9.59 Å². The summed E-state index contributed by atoms with van der Waals surface area (Å²) < 4.78 is 6.62. The predicted molar refractivity (Wildman–Crippen MR) is 93.0 cm³/mol. The van der Waals surface area contributed by atoms with Gasteiger partial charge in [0.15, 0.2) is 0 Å². The number of carbonyl (C=O) groups is 2. The van der Waals surface area contributed by atoms with Crippen LogP contribution in [0.3, 0.4) is 0 Å². The number of aromatic nitrogens is 2. The number of pyridine rings is 1. The van der Waals surface area contributed by atoms with E-state index in [1.54, 1.807) is 42.0 Å². The van der Waals surface area contributed by atoms with Crippen LogP contribution in [0.25, 0.3) is 5.65 Å². The summed E-state index contributed by atoms with van der Waals surface area (Å²) in [5.74, 6) is -1.16. The number of carbonyl (C=O) groups excluding carboxylic acids is 2. The number of nitrogens with one attached hydrogen (secondary N) is 1. The number of ether oxygens (including phenoxy) is 1. The summed E-state index contributed by atoms with van der Waals surface area (Å²) in [6.45, 7) is 1.74. The number of hydrogen-bond acceptors (Lipinski definition) is 4. The molecule has 2 aromatic heterocycles. The van der Waals surface area contributed by atoms with E-state index in [0.717, 1.165) is 11.2 Å². The first-order chi connectivity index (χ1) is 12.1. The van der Waals surface area contributed by atoms with Gasteiger partial charge in [0.2, 0.25) is 0 Å². The minimum atomic E-state index is -0.520. The monoisotopic (exact) mass is 337 g/mol. The van der Waals surface area contributed by atoms with Crippen molar-refractivity contribution >= 4 is 17.5 Å². The highest BCUT2D eigenvalue weighted by Crippen LogP contribution is 2.23. The smallest absolute Gasteiger partial charge is 0.310 e. The van der Waals surface area contributed by atoms with Crippen LogP contribution in [0.2, 0.25) is 0 Å². The van der Waals surface area contributed by atoms with E-state index in [2.05, 4.69) is 10.3 Å². The van der Waals surface area contributed by atoms with Crippen LogP contribution in [0.5, 0.6) is 0 Å².